The summed E-state index contributed by atoms with van der Waals surface area (Å²) in [6.07, 6.45) is 0. The van der Waals surface area contributed by atoms with E-state index in [4.69, 9.17) is 11.6 Å². The highest BCUT2D eigenvalue weighted by molar-refractivity contribution is 7.13. The van der Waals surface area contributed by atoms with Crippen LogP contribution < -0.4 is 5.50 Å². The van der Waals surface area contributed by atoms with Crippen LogP contribution in [0.1, 0.15) is 0 Å². The Kier molecular flexibility index (Phi) is 46.4. The zero-order chi connectivity index (χ0) is 4.71. The van der Waals surface area contributed by atoms with Crippen LogP contribution in [-0.2, 0) is 0 Å². The van der Waals surface area contributed by atoms with Crippen LogP contribution in [-0.4, -0.2) is 0 Å². The van der Waals surface area contributed by atoms with Gasteiger partial charge in [-0.2, -0.15) is 0 Å². The molecule has 0 aliphatic rings. The van der Waals surface area contributed by atoms with E-state index < -0.39 is 0 Å². The fourth-order valence-electron chi connectivity index (χ4n) is 0. The van der Waals surface area contributed by atoms with Crippen LogP contribution in [0.15, 0.2) is 12.1 Å². The first kappa shape index (κ1) is 9.05. The summed E-state index contributed by atoms with van der Waals surface area (Å²) in [5.74, 6) is 0. The van der Waals surface area contributed by atoms with Gasteiger partial charge in [-0.3, -0.25) is 0 Å². The summed E-state index contributed by atoms with van der Waals surface area (Å²) in [5.41, 5.74) is 5.64. The van der Waals surface area contributed by atoms with Gasteiger partial charge in [-0.25, -0.2) is 0 Å². The molecule has 5 heavy (non-hydrogen) atoms. The van der Waals surface area contributed by atoms with Crippen molar-refractivity contribution >= 4 is 21.0 Å². The average Bonchev–Trinajstić information content (AvgIpc) is 1.46. The molecule has 0 aliphatic heterocycles. The molecule has 0 radical (unpaired) electrons. The number of hydrogen-bond acceptors (Lipinski definition) is 1. The summed E-state index contributed by atoms with van der Waals surface area (Å²) in [5, 5.41) is 0. The van der Waals surface area contributed by atoms with Gasteiger partial charge in [-0.1, -0.05) is 27.6 Å². The summed E-state index contributed by atoms with van der Waals surface area (Å²) in [6.45, 7) is 3.13. The van der Waals surface area contributed by atoms with E-state index in [1.165, 1.54) is 5.54 Å². The zero-order valence-corrected chi connectivity index (χ0v) is 4.73. The molecule has 0 fully saturated rings. The SMILES string of the molecule is C=CCl.NP. The first-order valence-corrected chi connectivity index (χ1v) is 2.06. The highest BCUT2D eigenvalue weighted by atomic mass is 35.5. The number of rotatable bonds is 0. The van der Waals surface area contributed by atoms with Crippen molar-refractivity contribution in [1.29, 1.82) is 0 Å². The third-order valence-electron chi connectivity index (χ3n) is 0. The lowest BCUT2D eigenvalue weighted by Gasteiger charge is -1.27. The molecule has 0 saturated heterocycles. The van der Waals surface area contributed by atoms with Crippen molar-refractivity contribution in [3.63, 3.8) is 0 Å². The second kappa shape index (κ2) is 25.6. The standard InChI is InChI=1S/C2H3Cl.H4NP/c1-2-3;1-2/h2H,1H2;1-2H2. The molecule has 0 saturated carbocycles. The number of halogens is 1. The Morgan fingerprint density at radius 3 is 1.80 bits per heavy atom. The predicted octanol–water partition coefficient (Wildman–Crippen LogP) is 1.10. The van der Waals surface area contributed by atoms with Gasteiger partial charge in [-0.05, 0) is 5.54 Å². The third-order valence-corrected chi connectivity index (χ3v) is 0. The van der Waals surface area contributed by atoms with Gasteiger partial charge in [-0.15, -0.1) is 0 Å². The Hall–Kier alpha value is 0.420. The van der Waals surface area contributed by atoms with Crippen LogP contribution in [0, 0.1) is 0 Å². The molecule has 3 heteroatoms. The van der Waals surface area contributed by atoms with Crippen LogP contribution in [0.4, 0.5) is 0 Å². The first-order valence-electron chi connectivity index (χ1n) is 0.960. The topological polar surface area (TPSA) is 26.0 Å². The molecule has 1 unspecified atom stereocenters. The molecule has 0 aliphatic carbocycles. The van der Waals surface area contributed by atoms with Gasteiger partial charge in [0.05, 0.1) is 0 Å². The zero-order valence-electron chi connectivity index (χ0n) is 2.82. The average molecular weight is 112 g/mol. The summed E-state index contributed by atoms with van der Waals surface area (Å²) in [6, 6.07) is 0. The van der Waals surface area contributed by atoms with Gasteiger partial charge in [0.2, 0.25) is 0 Å². The van der Waals surface area contributed by atoms with E-state index in [0.29, 0.717) is 0 Å². The lowest BCUT2D eigenvalue weighted by atomic mass is 11.3. The molecule has 0 aromatic rings. The Labute approximate surface area is 39.4 Å². The van der Waals surface area contributed by atoms with E-state index in [1.807, 2.05) is 9.39 Å². The smallest absolute Gasteiger partial charge is 0.00296 e. The van der Waals surface area contributed by atoms with Crippen molar-refractivity contribution in [2.45, 2.75) is 0 Å². The van der Waals surface area contributed by atoms with E-state index in [-0.39, 0.29) is 0 Å². The molecule has 32 valence electrons. The van der Waals surface area contributed by atoms with E-state index in [9.17, 15) is 0 Å². The lowest BCUT2D eigenvalue weighted by molar-refractivity contribution is 2.06. The molecule has 2 N–H and O–H groups in total. The second-order valence-electron chi connectivity index (χ2n) is 0.154. The maximum absolute atomic E-state index is 4.76. The molecule has 0 aromatic heterocycles. The van der Waals surface area contributed by atoms with Crippen molar-refractivity contribution in [3.8, 4) is 0 Å². The lowest BCUT2D eigenvalue weighted by Crippen LogP contribution is -1.45. The maximum Gasteiger partial charge on any atom is -0.00296 e. The van der Waals surface area contributed by atoms with E-state index in [0.717, 1.165) is 0 Å². The fraction of sp³-hybridized carbons (Fsp3) is 0. The normalized spacial score (nSPS) is 3.80. The van der Waals surface area contributed by atoms with Crippen LogP contribution in [0.2, 0.25) is 0 Å². The molecule has 0 heterocycles. The molecule has 0 amide bonds. The monoisotopic (exact) mass is 111 g/mol. The van der Waals surface area contributed by atoms with Gasteiger partial charge >= 0.3 is 0 Å². The molecule has 0 rings (SSSR count). The molecule has 0 bridgehead atoms. The van der Waals surface area contributed by atoms with E-state index >= 15 is 0 Å². The molecule has 0 spiro atoms. The summed E-state index contributed by atoms with van der Waals surface area (Å²) in [4.78, 5) is 0. The Morgan fingerprint density at radius 2 is 1.80 bits per heavy atom. The molecular formula is C2H7ClNP. The van der Waals surface area contributed by atoms with Gasteiger partial charge in [0.1, 0.15) is 0 Å². The minimum atomic E-state index is 1.22. The van der Waals surface area contributed by atoms with Crippen LogP contribution >= 0.6 is 21.0 Å². The van der Waals surface area contributed by atoms with E-state index in [2.05, 4.69) is 12.1 Å². The van der Waals surface area contributed by atoms with E-state index in [1.54, 1.807) is 0 Å². The molecule has 1 nitrogen and oxygen atoms in total. The summed E-state index contributed by atoms with van der Waals surface area (Å²) < 4.78 is 0. The predicted molar refractivity (Wildman–Crippen MR) is 29.9 cm³/mol. The summed E-state index contributed by atoms with van der Waals surface area (Å²) >= 11 is 4.76. The Bertz CT molecular complexity index is 17.1. The van der Waals surface area contributed by atoms with Crippen molar-refractivity contribution in [1.82, 2.24) is 0 Å². The minimum absolute atomic E-state index is 1.22. The van der Waals surface area contributed by atoms with Crippen LogP contribution in [0.5, 0.6) is 0 Å². The largest absolute Gasteiger partial charge is 0.314 e. The van der Waals surface area contributed by atoms with Gasteiger partial charge in [0.25, 0.3) is 0 Å². The van der Waals surface area contributed by atoms with Crippen molar-refractivity contribution < 1.29 is 0 Å². The third kappa shape index (κ3) is 147. The number of hydrogen-bond donors (Lipinski definition) is 1. The second-order valence-corrected chi connectivity index (χ2v) is 0.463. The molecule has 0 aromatic carbocycles. The van der Waals surface area contributed by atoms with Crippen LogP contribution in [0.3, 0.4) is 0 Å². The Morgan fingerprint density at radius 1 is 1.80 bits per heavy atom. The highest BCUT2D eigenvalue weighted by Crippen LogP contribution is 1.60. The first-order chi connectivity index (χ1) is 2.41. The highest BCUT2D eigenvalue weighted by Gasteiger charge is 1.18. The van der Waals surface area contributed by atoms with Crippen molar-refractivity contribution in [3.05, 3.63) is 12.1 Å². The summed E-state index contributed by atoms with van der Waals surface area (Å²) in [7, 11) is 1.92. The van der Waals surface area contributed by atoms with Crippen molar-refractivity contribution in [2.24, 2.45) is 5.50 Å². The minimum Gasteiger partial charge on any atom is -0.314 e. The number of nitrogens with two attached hydrogens (primary N) is 1. The molecule has 1 atom stereocenters. The fourth-order valence-corrected chi connectivity index (χ4v) is 0. The Balaban J connectivity index is 0. The van der Waals surface area contributed by atoms with Gasteiger partial charge in [0.15, 0.2) is 0 Å². The quantitative estimate of drug-likeness (QED) is 0.466. The van der Waals surface area contributed by atoms with Gasteiger partial charge in [0, 0.05) is 0 Å². The maximum atomic E-state index is 4.76. The van der Waals surface area contributed by atoms with Gasteiger partial charge < -0.3 is 5.50 Å². The molecular weight excluding hydrogens is 104 g/mol. The van der Waals surface area contributed by atoms with Crippen molar-refractivity contribution in [2.75, 3.05) is 0 Å². The van der Waals surface area contributed by atoms with Crippen LogP contribution in [0.25, 0.3) is 0 Å².